The molecule has 0 unspecified atom stereocenters. The van der Waals surface area contributed by atoms with Crippen molar-refractivity contribution >= 4 is 11.6 Å². The van der Waals surface area contributed by atoms with Gasteiger partial charge in [0.2, 0.25) is 0 Å². The smallest absolute Gasteiger partial charge is 0.161 e. The second-order valence-corrected chi connectivity index (χ2v) is 11.3. The van der Waals surface area contributed by atoms with Gasteiger partial charge < -0.3 is 49.8 Å². The number of nitrogens with zero attached hydrogens (tertiary/aromatic N) is 1. The number of fused-ring (bicyclic) bond motifs is 1. The van der Waals surface area contributed by atoms with Crippen LogP contribution in [0.5, 0.6) is 23.0 Å². The van der Waals surface area contributed by atoms with Gasteiger partial charge in [-0.3, -0.25) is 4.98 Å². The van der Waals surface area contributed by atoms with Crippen LogP contribution in [0, 0.1) is 6.92 Å². The van der Waals surface area contributed by atoms with E-state index in [-0.39, 0.29) is 19.8 Å². The fourth-order valence-corrected chi connectivity index (χ4v) is 5.20. The molecule has 0 radical (unpaired) electrons. The molecule has 12 heteroatoms. The van der Waals surface area contributed by atoms with Gasteiger partial charge in [0.15, 0.2) is 11.5 Å². The summed E-state index contributed by atoms with van der Waals surface area (Å²) in [5.41, 5.74) is 5.34. The minimum absolute atomic E-state index is 0.101. The largest absolute Gasteiger partial charge is 0.508 e. The summed E-state index contributed by atoms with van der Waals surface area (Å²) < 4.78 is 23.8. The SMILES string of the molecule is Cc1c(COc2cc(OCc3ccccn3)c(CN/C=C(\O)[C@@H](O)[C@H](O)[C@H](O)CO)cc2Cl)cccc1-c1ccc2c(c1)OCCO2. The lowest BCUT2D eigenvalue weighted by atomic mass is 9.96. The first-order valence-electron chi connectivity index (χ1n) is 15.0. The third-order valence-electron chi connectivity index (χ3n) is 7.65. The van der Waals surface area contributed by atoms with E-state index in [9.17, 15) is 20.4 Å². The first kappa shape index (κ1) is 33.8. The van der Waals surface area contributed by atoms with Crippen LogP contribution in [0.15, 0.2) is 84.9 Å². The highest BCUT2D eigenvalue weighted by molar-refractivity contribution is 6.32. The first-order chi connectivity index (χ1) is 22.7. The Morgan fingerprint density at radius 3 is 2.49 bits per heavy atom. The van der Waals surface area contributed by atoms with Crippen LogP contribution in [0.3, 0.4) is 0 Å². The number of hydrogen-bond donors (Lipinski definition) is 6. The summed E-state index contributed by atoms with van der Waals surface area (Å²) in [5, 5.41) is 51.8. The molecular formula is C35H37ClN2O9. The Kier molecular flexibility index (Phi) is 11.4. The van der Waals surface area contributed by atoms with E-state index in [2.05, 4.69) is 10.3 Å². The molecule has 0 bridgehead atoms. The Labute approximate surface area is 277 Å². The minimum atomic E-state index is -1.82. The lowest BCUT2D eigenvalue weighted by Gasteiger charge is -2.21. The molecular weight excluding hydrogens is 628 g/mol. The van der Waals surface area contributed by atoms with Gasteiger partial charge in [0, 0.05) is 30.6 Å². The second kappa shape index (κ2) is 15.9. The van der Waals surface area contributed by atoms with Crippen molar-refractivity contribution in [3.05, 3.63) is 112 Å². The van der Waals surface area contributed by atoms with Crippen LogP contribution in [0.2, 0.25) is 5.02 Å². The number of aliphatic hydroxyl groups excluding tert-OH is 5. The molecule has 4 aromatic rings. The molecule has 47 heavy (non-hydrogen) atoms. The molecule has 6 N–H and O–H groups in total. The lowest BCUT2D eigenvalue weighted by molar-refractivity contribution is -0.0743. The topological polar surface area (TPSA) is 163 Å². The minimum Gasteiger partial charge on any atom is -0.508 e. The number of aliphatic hydroxyl groups is 5. The van der Waals surface area contributed by atoms with Gasteiger partial charge in [-0.05, 0) is 59.5 Å². The third kappa shape index (κ3) is 8.45. The molecule has 248 valence electrons. The Balaban J connectivity index is 1.33. The van der Waals surface area contributed by atoms with Gasteiger partial charge in [0.05, 0.1) is 17.3 Å². The highest BCUT2D eigenvalue weighted by Crippen LogP contribution is 2.37. The molecule has 2 heterocycles. The maximum absolute atomic E-state index is 10.2. The van der Waals surface area contributed by atoms with E-state index < -0.39 is 30.7 Å². The molecule has 11 nitrogen and oxygen atoms in total. The quantitative estimate of drug-likeness (QED) is 0.107. The summed E-state index contributed by atoms with van der Waals surface area (Å²) in [4.78, 5) is 4.30. The Hall–Kier alpha value is -4.52. The summed E-state index contributed by atoms with van der Waals surface area (Å²) in [6.07, 6.45) is -2.48. The van der Waals surface area contributed by atoms with E-state index in [1.54, 1.807) is 18.3 Å². The lowest BCUT2D eigenvalue weighted by Crippen LogP contribution is -2.40. The zero-order chi connectivity index (χ0) is 33.3. The van der Waals surface area contributed by atoms with Crippen LogP contribution >= 0.6 is 11.6 Å². The van der Waals surface area contributed by atoms with Gasteiger partial charge in [-0.1, -0.05) is 41.9 Å². The van der Waals surface area contributed by atoms with Crippen LogP contribution < -0.4 is 24.3 Å². The van der Waals surface area contributed by atoms with Gasteiger partial charge in [-0.2, -0.15) is 0 Å². The molecule has 3 aromatic carbocycles. The van der Waals surface area contributed by atoms with Crippen molar-refractivity contribution in [2.45, 2.75) is 45.0 Å². The first-order valence-corrected chi connectivity index (χ1v) is 15.4. The van der Waals surface area contributed by atoms with E-state index >= 15 is 0 Å². The number of hydrogen-bond acceptors (Lipinski definition) is 11. The molecule has 0 saturated heterocycles. The molecule has 0 fully saturated rings. The third-order valence-corrected chi connectivity index (χ3v) is 7.94. The molecule has 0 amide bonds. The van der Waals surface area contributed by atoms with Crippen LogP contribution in [0.1, 0.15) is 22.4 Å². The number of pyridine rings is 1. The maximum atomic E-state index is 10.2. The summed E-state index contributed by atoms with van der Waals surface area (Å²) in [7, 11) is 0. The predicted octanol–water partition coefficient (Wildman–Crippen LogP) is 4.20. The van der Waals surface area contributed by atoms with E-state index in [0.717, 1.165) is 40.0 Å². The van der Waals surface area contributed by atoms with Gasteiger partial charge in [-0.25, -0.2) is 0 Å². The zero-order valence-corrected chi connectivity index (χ0v) is 26.4. The van der Waals surface area contributed by atoms with Crippen LogP contribution in [-0.2, 0) is 19.8 Å². The molecule has 1 aromatic heterocycles. The molecule has 0 spiro atoms. The van der Waals surface area contributed by atoms with Crippen molar-refractivity contribution in [2.24, 2.45) is 0 Å². The van der Waals surface area contributed by atoms with Crippen molar-refractivity contribution in [1.82, 2.24) is 10.3 Å². The number of ether oxygens (including phenoxy) is 4. The average Bonchev–Trinajstić information content (AvgIpc) is 3.10. The highest BCUT2D eigenvalue weighted by Gasteiger charge is 2.27. The summed E-state index contributed by atoms with van der Waals surface area (Å²) in [6, 6.07) is 20.8. The number of benzene rings is 3. The molecule has 0 saturated carbocycles. The summed E-state index contributed by atoms with van der Waals surface area (Å²) in [6.45, 7) is 2.79. The monoisotopic (exact) mass is 664 g/mol. The molecule has 1 aliphatic rings. The van der Waals surface area contributed by atoms with Crippen LogP contribution in [0.25, 0.3) is 11.1 Å². The van der Waals surface area contributed by atoms with Gasteiger partial charge in [0.1, 0.15) is 62.0 Å². The maximum Gasteiger partial charge on any atom is 0.161 e. The predicted molar refractivity (Wildman–Crippen MR) is 175 cm³/mol. The van der Waals surface area contributed by atoms with E-state index in [0.29, 0.717) is 41.0 Å². The highest BCUT2D eigenvalue weighted by atomic mass is 35.5. The normalized spacial score (nSPS) is 14.6. The molecule has 5 rings (SSSR count). The fraction of sp³-hybridized carbons (Fsp3) is 0.286. The zero-order valence-electron chi connectivity index (χ0n) is 25.7. The summed E-state index contributed by atoms with van der Waals surface area (Å²) in [5.74, 6) is 1.64. The van der Waals surface area contributed by atoms with Gasteiger partial charge in [-0.15, -0.1) is 0 Å². The van der Waals surface area contributed by atoms with Crippen molar-refractivity contribution in [2.75, 3.05) is 19.8 Å². The van der Waals surface area contributed by atoms with Crippen molar-refractivity contribution in [3.8, 4) is 34.1 Å². The van der Waals surface area contributed by atoms with Gasteiger partial charge >= 0.3 is 0 Å². The van der Waals surface area contributed by atoms with Crippen molar-refractivity contribution in [1.29, 1.82) is 0 Å². The Morgan fingerprint density at radius 1 is 0.936 bits per heavy atom. The fourth-order valence-electron chi connectivity index (χ4n) is 4.96. The van der Waals surface area contributed by atoms with E-state index in [1.807, 2.05) is 61.5 Å². The molecule has 0 aliphatic carbocycles. The average molecular weight is 665 g/mol. The van der Waals surface area contributed by atoms with E-state index in [1.165, 1.54) is 0 Å². The second-order valence-electron chi connectivity index (χ2n) is 10.9. The Morgan fingerprint density at radius 2 is 1.72 bits per heavy atom. The van der Waals surface area contributed by atoms with Crippen molar-refractivity contribution in [3.63, 3.8) is 0 Å². The number of aromatic nitrogens is 1. The molecule has 1 aliphatic heterocycles. The standard InChI is InChI=1S/C35H37ClN2O9/c1-21-23(5-4-7-26(21)22-8-9-30-33(14-22)45-12-11-44-30)19-46-32-15-31(47-20-25-6-2-3-10-38-25)24(13-27(32)36)16-37-17-28(40)34(42)35(43)29(41)18-39/h2-10,13-15,17,29,34-35,37,39-43H,11-12,16,18-20H2,1H3/b28-17-/t29-,34-,35-/m1/s1. The summed E-state index contributed by atoms with van der Waals surface area (Å²) >= 11 is 6.67. The van der Waals surface area contributed by atoms with Crippen LogP contribution in [-0.4, -0.2) is 68.6 Å². The molecule has 3 atom stereocenters. The number of rotatable bonds is 14. The Bertz CT molecular complexity index is 1690. The van der Waals surface area contributed by atoms with E-state index in [4.69, 9.17) is 35.7 Å². The number of nitrogens with one attached hydrogen (secondary N) is 1. The van der Waals surface area contributed by atoms with Crippen LogP contribution in [0.4, 0.5) is 0 Å². The van der Waals surface area contributed by atoms with Gasteiger partial charge in [0.25, 0.3) is 0 Å². The van der Waals surface area contributed by atoms with Crippen molar-refractivity contribution < 1.29 is 44.5 Å². The number of halogens is 1.